The van der Waals surface area contributed by atoms with Gasteiger partial charge in [0.25, 0.3) is 0 Å². The predicted octanol–water partition coefficient (Wildman–Crippen LogP) is 0.159. The zero-order valence-corrected chi connectivity index (χ0v) is 11.1. The summed E-state index contributed by atoms with van der Waals surface area (Å²) in [5.41, 5.74) is 7.04. The summed E-state index contributed by atoms with van der Waals surface area (Å²) in [7, 11) is 0. The standard InChI is InChI=1S/C14H20N2O3/c1-14(9-19-8-12(14)15)13(18)16-6-10-3-2-4-11(5-10)7-17/h2-5,12,17H,6-9,15H2,1H3,(H,16,18). The van der Waals surface area contributed by atoms with E-state index in [1.807, 2.05) is 31.2 Å². The topological polar surface area (TPSA) is 84.6 Å². The first-order valence-electron chi connectivity index (χ1n) is 6.36. The van der Waals surface area contributed by atoms with Gasteiger partial charge in [-0.1, -0.05) is 24.3 Å². The van der Waals surface area contributed by atoms with Crippen LogP contribution in [0.15, 0.2) is 24.3 Å². The Balaban J connectivity index is 1.96. The van der Waals surface area contributed by atoms with E-state index >= 15 is 0 Å². The average Bonchev–Trinajstić information content (AvgIpc) is 2.77. The Morgan fingerprint density at radius 1 is 1.58 bits per heavy atom. The molecule has 0 aliphatic carbocycles. The van der Waals surface area contributed by atoms with Crippen LogP contribution in [0.25, 0.3) is 0 Å². The SMILES string of the molecule is CC1(C(=O)NCc2cccc(CO)c2)COCC1N. The molecule has 1 aliphatic heterocycles. The number of nitrogens with one attached hydrogen (secondary N) is 1. The number of nitrogens with two attached hydrogens (primary N) is 1. The van der Waals surface area contributed by atoms with E-state index in [9.17, 15) is 4.79 Å². The minimum Gasteiger partial charge on any atom is -0.392 e. The van der Waals surface area contributed by atoms with Crippen molar-refractivity contribution in [2.45, 2.75) is 26.1 Å². The molecule has 0 aromatic heterocycles. The van der Waals surface area contributed by atoms with Crippen LogP contribution < -0.4 is 11.1 Å². The molecule has 1 amide bonds. The van der Waals surface area contributed by atoms with Gasteiger partial charge in [0.2, 0.25) is 5.91 Å². The Labute approximate surface area is 112 Å². The second-order valence-corrected chi connectivity index (χ2v) is 5.20. The number of rotatable bonds is 4. The fourth-order valence-electron chi connectivity index (χ4n) is 2.15. The monoisotopic (exact) mass is 264 g/mol. The van der Waals surface area contributed by atoms with Crippen molar-refractivity contribution in [3.05, 3.63) is 35.4 Å². The Kier molecular flexibility index (Phi) is 4.19. The summed E-state index contributed by atoms with van der Waals surface area (Å²) in [5.74, 6) is -0.0908. The van der Waals surface area contributed by atoms with Crippen LogP contribution in [0.4, 0.5) is 0 Å². The van der Waals surface area contributed by atoms with Crippen LogP contribution in [0.5, 0.6) is 0 Å². The van der Waals surface area contributed by atoms with Crippen LogP contribution in [0.3, 0.4) is 0 Å². The number of hydrogen-bond acceptors (Lipinski definition) is 4. The summed E-state index contributed by atoms with van der Waals surface area (Å²) in [6.07, 6.45) is 0. The summed E-state index contributed by atoms with van der Waals surface area (Å²) >= 11 is 0. The number of carbonyl (C=O) groups excluding carboxylic acids is 1. The fraction of sp³-hybridized carbons (Fsp3) is 0.500. The summed E-state index contributed by atoms with van der Waals surface area (Å²) in [4.78, 5) is 12.2. The lowest BCUT2D eigenvalue weighted by Crippen LogP contribution is -2.49. The molecule has 1 saturated heterocycles. The van der Waals surface area contributed by atoms with Gasteiger partial charge >= 0.3 is 0 Å². The maximum Gasteiger partial charge on any atom is 0.230 e. The number of amides is 1. The van der Waals surface area contributed by atoms with Crippen LogP contribution in [0, 0.1) is 5.41 Å². The molecule has 19 heavy (non-hydrogen) atoms. The van der Waals surface area contributed by atoms with Gasteiger partial charge < -0.3 is 20.9 Å². The van der Waals surface area contributed by atoms with Crippen LogP contribution >= 0.6 is 0 Å². The highest BCUT2D eigenvalue weighted by molar-refractivity contribution is 5.83. The van der Waals surface area contributed by atoms with Crippen molar-refractivity contribution in [3.8, 4) is 0 Å². The molecule has 5 heteroatoms. The van der Waals surface area contributed by atoms with Crippen molar-refractivity contribution in [1.29, 1.82) is 0 Å². The molecule has 104 valence electrons. The van der Waals surface area contributed by atoms with E-state index < -0.39 is 5.41 Å². The third-order valence-corrected chi connectivity index (χ3v) is 3.66. The Bertz CT molecular complexity index is 464. The smallest absolute Gasteiger partial charge is 0.230 e. The van der Waals surface area contributed by atoms with Crippen molar-refractivity contribution >= 4 is 5.91 Å². The van der Waals surface area contributed by atoms with E-state index in [4.69, 9.17) is 15.6 Å². The Morgan fingerprint density at radius 2 is 2.32 bits per heavy atom. The lowest BCUT2D eigenvalue weighted by atomic mass is 9.85. The number of hydrogen-bond donors (Lipinski definition) is 3. The summed E-state index contributed by atoms with van der Waals surface area (Å²) in [6.45, 7) is 3.03. The average molecular weight is 264 g/mol. The molecule has 2 rings (SSSR count). The normalized spacial score (nSPS) is 26.4. The first kappa shape index (κ1) is 14.0. The number of benzene rings is 1. The molecule has 2 atom stereocenters. The molecule has 5 nitrogen and oxygen atoms in total. The van der Waals surface area contributed by atoms with Gasteiger partial charge in [-0.3, -0.25) is 4.79 Å². The van der Waals surface area contributed by atoms with Crippen molar-refractivity contribution in [2.75, 3.05) is 13.2 Å². The van der Waals surface area contributed by atoms with E-state index in [-0.39, 0.29) is 18.6 Å². The molecule has 1 fully saturated rings. The Morgan fingerprint density at radius 3 is 2.95 bits per heavy atom. The van der Waals surface area contributed by atoms with Gasteiger partial charge in [0, 0.05) is 12.6 Å². The molecule has 0 spiro atoms. The quantitative estimate of drug-likeness (QED) is 0.723. The lowest BCUT2D eigenvalue weighted by molar-refractivity contribution is -0.130. The molecular formula is C14H20N2O3. The first-order chi connectivity index (χ1) is 9.06. The van der Waals surface area contributed by atoms with Gasteiger partial charge in [-0.2, -0.15) is 0 Å². The van der Waals surface area contributed by atoms with Gasteiger partial charge in [0.05, 0.1) is 25.2 Å². The second kappa shape index (κ2) is 5.69. The van der Waals surface area contributed by atoms with Crippen molar-refractivity contribution in [3.63, 3.8) is 0 Å². The van der Waals surface area contributed by atoms with Crippen molar-refractivity contribution in [1.82, 2.24) is 5.32 Å². The zero-order valence-electron chi connectivity index (χ0n) is 11.1. The van der Waals surface area contributed by atoms with Gasteiger partial charge in [0.1, 0.15) is 0 Å². The maximum atomic E-state index is 12.2. The molecule has 0 saturated carbocycles. The zero-order chi connectivity index (χ0) is 13.9. The minimum absolute atomic E-state index is 0.00177. The van der Waals surface area contributed by atoms with E-state index in [2.05, 4.69) is 5.32 Å². The second-order valence-electron chi connectivity index (χ2n) is 5.20. The highest BCUT2D eigenvalue weighted by atomic mass is 16.5. The van der Waals surface area contributed by atoms with Gasteiger partial charge in [-0.15, -0.1) is 0 Å². The summed E-state index contributed by atoms with van der Waals surface area (Å²) < 4.78 is 5.26. The molecule has 1 heterocycles. The third-order valence-electron chi connectivity index (χ3n) is 3.66. The molecule has 1 aliphatic rings. The largest absolute Gasteiger partial charge is 0.392 e. The summed E-state index contributed by atoms with van der Waals surface area (Å²) in [6, 6.07) is 7.21. The summed E-state index contributed by atoms with van der Waals surface area (Å²) in [5, 5.41) is 11.9. The van der Waals surface area contributed by atoms with Crippen molar-refractivity contribution < 1.29 is 14.6 Å². The van der Waals surface area contributed by atoms with Crippen LogP contribution in [-0.4, -0.2) is 30.3 Å². The van der Waals surface area contributed by atoms with Gasteiger partial charge in [-0.05, 0) is 18.1 Å². The number of aliphatic hydroxyl groups is 1. The van der Waals surface area contributed by atoms with E-state index in [0.717, 1.165) is 11.1 Å². The molecule has 0 bridgehead atoms. The van der Waals surface area contributed by atoms with Gasteiger partial charge in [-0.25, -0.2) is 0 Å². The third kappa shape index (κ3) is 2.94. The molecule has 1 aromatic rings. The number of carbonyl (C=O) groups is 1. The number of aliphatic hydroxyl groups excluding tert-OH is 1. The highest BCUT2D eigenvalue weighted by Crippen LogP contribution is 2.27. The van der Waals surface area contributed by atoms with E-state index in [1.54, 1.807) is 0 Å². The fourth-order valence-corrected chi connectivity index (χ4v) is 2.15. The molecule has 0 radical (unpaired) electrons. The first-order valence-corrected chi connectivity index (χ1v) is 6.36. The molecule has 1 aromatic carbocycles. The molecule has 4 N–H and O–H groups in total. The highest BCUT2D eigenvalue weighted by Gasteiger charge is 2.44. The van der Waals surface area contributed by atoms with Crippen LogP contribution in [0.2, 0.25) is 0 Å². The van der Waals surface area contributed by atoms with E-state index in [1.165, 1.54) is 0 Å². The van der Waals surface area contributed by atoms with Gasteiger partial charge in [0.15, 0.2) is 0 Å². The number of ether oxygens (including phenoxy) is 1. The van der Waals surface area contributed by atoms with E-state index in [0.29, 0.717) is 19.8 Å². The minimum atomic E-state index is -0.658. The van der Waals surface area contributed by atoms with Crippen LogP contribution in [-0.2, 0) is 22.7 Å². The molecule has 2 unspecified atom stereocenters. The maximum absolute atomic E-state index is 12.2. The lowest BCUT2D eigenvalue weighted by Gasteiger charge is -2.25. The van der Waals surface area contributed by atoms with Crippen molar-refractivity contribution in [2.24, 2.45) is 11.1 Å². The predicted molar refractivity (Wildman–Crippen MR) is 71.1 cm³/mol. The molecular weight excluding hydrogens is 244 g/mol. The Hall–Kier alpha value is -1.43. The van der Waals surface area contributed by atoms with Crippen LogP contribution in [0.1, 0.15) is 18.1 Å².